The number of carbonyl (C=O) groups excluding carboxylic acids is 1. The summed E-state index contributed by atoms with van der Waals surface area (Å²) in [5.74, 6) is 0.559. The Morgan fingerprint density at radius 3 is 2.83 bits per heavy atom. The number of nitrogens with one attached hydrogen (secondary N) is 1. The summed E-state index contributed by atoms with van der Waals surface area (Å²) in [6, 6.07) is 6.04. The topological polar surface area (TPSA) is 97.4 Å². The Morgan fingerprint density at radius 1 is 1.33 bits per heavy atom. The van der Waals surface area contributed by atoms with Gasteiger partial charge >= 0.3 is 0 Å². The van der Waals surface area contributed by atoms with Crippen molar-refractivity contribution in [2.24, 2.45) is 0 Å². The molecule has 0 atom stereocenters. The third-order valence-electron chi connectivity index (χ3n) is 5.77. The summed E-state index contributed by atoms with van der Waals surface area (Å²) >= 11 is 0. The lowest BCUT2D eigenvalue weighted by molar-refractivity contribution is -0.124. The number of nitrogens with zero attached hydrogens (tertiary/aromatic N) is 2. The van der Waals surface area contributed by atoms with E-state index in [0.717, 1.165) is 36.8 Å². The number of fused-ring (bicyclic) bond motifs is 1. The molecule has 0 saturated heterocycles. The summed E-state index contributed by atoms with van der Waals surface area (Å²) in [6.07, 6.45) is 7.64. The maximum atomic E-state index is 12.4. The van der Waals surface area contributed by atoms with Crippen LogP contribution in [0.25, 0.3) is 11.5 Å². The standard InChI is InChI=1S/C23H27N3O4/c1-23(2)11-16-17(12-24)22(29-14-20(27)25-15-7-4-3-5-8-15)26-21(18(16)13-30-23)19-9-6-10-28-19/h6,9-10,15H,3-5,7-8,11,13-14H2,1-2H3,(H,25,27). The van der Waals surface area contributed by atoms with Gasteiger partial charge in [-0.1, -0.05) is 19.3 Å². The monoisotopic (exact) mass is 409 g/mol. The van der Waals surface area contributed by atoms with Gasteiger partial charge in [-0.3, -0.25) is 4.79 Å². The maximum absolute atomic E-state index is 12.4. The van der Waals surface area contributed by atoms with Gasteiger partial charge in [0.1, 0.15) is 17.3 Å². The van der Waals surface area contributed by atoms with Gasteiger partial charge in [0, 0.05) is 18.0 Å². The Kier molecular flexibility index (Phi) is 5.78. The minimum atomic E-state index is -0.407. The van der Waals surface area contributed by atoms with Crippen molar-refractivity contribution in [3.63, 3.8) is 0 Å². The third-order valence-corrected chi connectivity index (χ3v) is 5.77. The van der Waals surface area contributed by atoms with Crippen LogP contribution in [0.5, 0.6) is 5.88 Å². The van der Waals surface area contributed by atoms with E-state index in [-0.39, 0.29) is 24.4 Å². The van der Waals surface area contributed by atoms with Gasteiger partial charge in [-0.2, -0.15) is 5.26 Å². The van der Waals surface area contributed by atoms with Crippen LogP contribution in [0.15, 0.2) is 22.8 Å². The fourth-order valence-corrected chi connectivity index (χ4v) is 4.23. The number of amides is 1. The second-order valence-electron chi connectivity index (χ2n) is 8.60. The fraction of sp³-hybridized carbons (Fsp3) is 0.522. The highest BCUT2D eigenvalue weighted by Gasteiger charge is 2.33. The molecule has 30 heavy (non-hydrogen) atoms. The molecule has 0 spiro atoms. The zero-order valence-corrected chi connectivity index (χ0v) is 17.5. The molecule has 2 aromatic heterocycles. The van der Waals surface area contributed by atoms with Crippen molar-refractivity contribution in [1.29, 1.82) is 5.26 Å². The molecule has 1 aliphatic carbocycles. The first kappa shape index (κ1) is 20.4. The summed E-state index contributed by atoms with van der Waals surface area (Å²) in [5.41, 5.74) is 2.22. The first-order chi connectivity index (χ1) is 14.5. The fourth-order valence-electron chi connectivity index (χ4n) is 4.23. The largest absolute Gasteiger partial charge is 0.467 e. The van der Waals surface area contributed by atoms with Crippen LogP contribution in [0, 0.1) is 11.3 Å². The predicted octanol–water partition coefficient (Wildman–Crippen LogP) is 3.89. The normalized spacial score (nSPS) is 18.3. The molecule has 1 amide bonds. The number of aromatic nitrogens is 1. The highest BCUT2D eigenvalue weighted by Crippen LogP contribution is 2.38. The number of hydrogen-bond donors (Lipinski definition) is 1. The van der Waals surface area contributed by atoms with Crippen molar-refractivity contribution in [1.82, 2.24) is 10.3 Å². The zero-order valence-electron chi connectivity index (χ0n) is 17.5. The van der Waals surface area contributed by atoms with Gasteiger partial charge in [0.15, 0.2) is 12.4 Å². The van der Waals surface area contributed by atoms with Crippen molar-refractivity contribution >= 4 is 5.91 Å². The molecule has 2 aliphatic rings. The molecule has 2 aromatic rings. The summed E-state index contributed by atoms with van der Waals surface area (Å²) < 4.78 is 17.3. The molecule has 0 unspecified atom stereocenters. The average molecular weight is 409 g/mol. The highest BCUT2D eigenvalue weighted by atomic mass is 16.5. The van der Waals surface area contributed by atoms with E-state index >= 15 is 0 Å². The molecule has 0 aromatic carbocycles. The average Bonchev–Trinajstić information content (AvgIpc) is 3.26. The first-order valence-electron chi connectivity index (χ1n) is 10.5. The molecule has 1 N–H and O–H groups in total. The molecule has 1 aliphatic heterocycles. The minimum Gasteiger partial charge on any atom is -0.467 e. The van der Waals surface area contributed by atoms with E-state index in [2.05, 4.69) is 16.4 Å². The molecule has 4 rings (SSSR count). The van der Waals surface area contributed by atoms with Crippen LogP contribution in [0.4, 0.5) is 0 Å². The van der Waals surface area contributed by atoms with E-state index in [4.69, 9.17) is 13.9 Å². The van der Waals surface area contributed by atoms with E-state index < -0.39 is 5.60 Å². The molecule has 1 saturated carbocycles. The second kappa shape index (κ2) is 8.49. The summed E-state index contributed by atoms with van der Waals surface area (Å²) in [4.78, 5) is 17.0. The maximum Gasteiger partial charge on any atom is 0.258 e. The Morgan fingerprint density at radius 2 is 2.13 bits per heavy atom. The molecule has 3 heterocycles. The summed E-state index contributed by atoms with van der Waals surface area (Å²) in [6.45, 7) is 4.14. The van der Waals surface area contributed by atoms with Gasteiger partial charge in [-0.05, 0) is 44.4 Å². The predicted molar refractivity (Wildman–Crippen MR) is 110 cm³/mol. The number of rotatable bonds is 5. The van der Waals surface area contributed by atoms with Gasteiger partial charge in [0.2, 0.25) is 5.88 Å². The van der Waals surface area contributed by atoms with Gasteiger partial charge < -0.3 is 19.2 Å². The van der Waals surface area contributed by atoms with E-state index in [9.17, 15) is 10.1 Å². The molecular weight excluding hydrogens is 382 g/mol. The lowest BCUT2D eigenvalue weighted by atomic mass is 9.88. The Labute approximate surface area is 176 Å². The number of hydrogen-bond acceptors (Lipinski definition) is 6. The minimum absolute atomic E-state index is 0.166. The number of ether oxygens (including phenoxy) is 2. The SMILES string of the molecule is CC1(C)Cc2c(C#N)c(OCC(=O)NC3CCCCC3)nc(-c3ccco3)c2CO1. The number of pyridine rings is 1. The van der Waals surface area contributed by atoms with Crippen molar-refractivity contribution < 1.29 is 18.7 Å². The highest BCUT2D eigenvalue weighted by molar-refractivity contribution is 5.78. The second-order valence-corrected chi connectivity index (χ2v) is 8.60. The molecule has 7 nitrogen and oxygen atoms in total. The van der Waals surface area contributed by atoms with Crippen LogP contribution in [-0.2, 0) is 22.6 Å². The molecule has 1 fully saturated rings. The van der Waals surface area contributed by atoms with Crippen molar-refractivity contribution in [3.8, 4) is 23.4 Å². The van der Waals surface area contributed by atoms with E-state index in [1.54, 1.807) is 12.3 Å². The van der Waals surface area contributed by atoms with Crippen LogP contribution >= 0.6 is 0 Å². The molecule has 158 valence electrons. The molecule has 7 heteroatoms. The van der Waals surface area contributed by atoms with Gasteiger partial charge in [0.05, 0.1) is 18.5 Å². The lowest BCUT2D eigenvalue weighted by Gasteiger charge is -2.33. The van der Waals surface area contributed by atoms with Gasteiger partial charge in [0.25, 0.3) is 5.91 Å². The van der Waals surface area contributed by atoms with Crippen molar-refractivity contribution in [2.45, 2.75) is 70.6 Å². The zero-order chi connectivity index (χ0) is 21.1. The summed E-state index contributed by atoms with van der Waals surface area (Å²) in [7, 11) is 0. The quantitative estimate of drug-likeness (QED) is 0.805. The van der Waals surface area contributed by atoms with E-state index in [1.165, 1.54) is 6.42 Å². The summed E-state index contributed by atoms with van der Waals surface area (Å²) in [5, 5.41) is 12.9. The van der Waals surface area contributed by atoms with Crippen LogP contribution in [0.2, 0.25) is 0 Å². The molecule has 0 bridgehead atoms. The van der Waals surface area contributed by atoms with Crippen LogP contribution in [-0.4, -0.2) is 29.1 Å². The molecule has 0 radical (unpaired) electrons. The first-order valence-corrected chi connectivity index (χ1v) is 10.5. The van der Waals surface area contributed by atoms with Gasteiger partial charge in [-0.25, -0.2) is 4.98 Å². The number of nitriles is 1. The number of carbonyl (C=O) groups is 1. The Hall–Kier alpha value is -2.85. The van der Waals surface area contributed by atoms with Crippen LogP contribution in [0.3, 0.4) is 0 Å². The Bertz CT molecular complexity index is 954. The molecular formula is C23H27N3O4. The Balaban J connectivity index is 1.61. The third kappa shape index (κ3) is 4.34. The lowest BCUT2D eigenvalue weighted by Crippen LogP contribution is -2.39. The smallest absolute Gasteiger partial charge is 0.258 e. The van der Waals surface area contributed by atoms with Crippen molar-refractivity contribution in [2.75, 3.05) is 6.61 Å². The number of furan rings is 1. The van der Waals surface area contributed by atoms with Gasteiger partial charge in [-0.15, -0.1) is 0 Å². The van der Waals surface area contributed by atoms with E-state index in [1.807, 2.05) is 19.9 Å². The van der Waals surface area contributed by atoms with Crippen molar-refractivity contribution in [3.05, 3.63) is 35.1 Å². The van der Waals surface area contributed by atoms with Crippen LogP contribution < -0.4 is 10.1 Å². The van der Waals surface area contributed by atoms with E-state index in [0.29, 0.717) is 30.0 Å². The van der Waals surface area contributed by atoms with Crippen LogP contribution in [0.1, 0.15) is 62.6 Å².